The molecule has 0 saturated carbocycles. The maximum atomic E-state index is 11.6. The zero-order chi connectivity index (χ0) is 17.9. The second kappa shape index (κ2) is 7.06. The summed E-state index contributed by atoms with van der Waals surface area (Å²) in [6.45, 7) is 0. The average molecular weight is 362 g/mol. The molecule has 1 aromatic carbocycles. The minimum atomic E-state index is -2.96. The minimum absolute atomic E-state index is 0.112. The lowest BCUT2D eigenvalue weighted by molar-refractivity contribution is 0.0601. The number of anilines is 3. The molecule has 1 fully saturated rings. The number of benzene rings is 1. The number of sulfone groups is 1. The maximum absolute atomic E-state index is 11.6. The fraction of sp³-hybridized carbons (Fsp3) is 0.312. The molecule has 1 aliphatic rings. The fourth-order valence-corrected chi connectivity index (χ4v) is 4.29. The molecule has 8 nitrogen and oxygen atoms in total. The summed E-state index contributed by atoms with van der Waals surface area (Å²) in [6.07, 6.45) is 1.95. The lowest BCUT2D eigenvalue weighted by Crippen LogP contribution is -2.21. The number of nitrogens with zero attached hydrogens (tertiary/aromatic N) is 2. The Labute approximate surface area is 145 Å². The van der Waals surface area contributed by atoms with E-state index in [0.29, 0.717) is 29.3 Å². The van der Waals surface area contributed by atoms with Gasteiger partial charge in [-0.2, -0.15) is 0 Å². The van der Waals surface area contributed by atoms with Gasteiger partial charge in [0, 0.05) is 17.8 Å². The number of methoxy groups -OCH3 is 1. The number of aromatic nitrogens is 2. The fourth-order valence-electron chi connectivity index (χ4n) is 2.61. The topological polar surface area (TPSA) is 110 Å². The molecule has 9 heteroatoms. The predicted molar refractivity (Wildman–Crippen MR) is 93.8 cm³/mol. The Kier molecular flexibility index (Phi) is 4.84. The molecule has 2 N–H and O–H groups in total. The highest BCUT2D eigenvalue weighted by Crippen LogP contribution is 2.20. The molecule has 132 valence electrons. The van der Waals surface area contributed by atoms with Gasteiger partial charge in [-0.15, -0.1) is 0 Å². The van der Waals surface area contributed by atoms with Crippen molar-refractivity contribution in [2.45, 2.75) is 12.5 Å². The Hall–Kier alpha value is -2.68. The van der Waals surface area contributed by atoms with Gasteiger partial charge in [-0.05, 0) is 24.6 Å². The van der Waals surface area contributed by atoms with Crippen LogP contribution in [0.1, 0.15) is 16.8 Å². The van der Waals surface area contributed by atoms with Gasteiger partial charge in [0.25, 0.3) is 0 Å². The van der Waals surface area contributed by atoms with Crippen molar-refractivity contribution in [3.8, 4) is 0 Å². The first-order valence-electron chi connectivity index (χ1n) is 7.69. The van der Waals surface area contributed by atoms with Crippen LogP contribution in [-0.2, 0) is 14.6 Å². The van der Waals surface area contributed by atoms with Crippen molar-refractivity contribution in [2.24, 2.45) is 0 Å². The molecule has 1 aliphatic heterocycles. The summed E-state index contributed by atoms with van der Waals surface area (Å²) >= 11 is 0. The van der Waals surface area contributed by atoms with Crippen LogP contribution in [0.4, 0.5) is 17.3 Å². The zero-order valence-electron chi connectivity index (χ0n) is 13.6. The summed E-state index contributed by atoms with van der Waals surface area (Å²) in [7, 11) is -1.63. The summed E-state index contributed by atoms with van der Waals surface area (Å²) in [5.41, 5.74) is 1.10. The molecule has 1 atom stereocenters. The highest BCUT2D eigenvalue weighted by atomic mass is 32.2. The van der Waals surface area contributed by atoms with Gasteiger partial charge in [-0.25, -0.2) is 23.2 Å². The second-order valence-electron chi connectivity index (χ2n) is 5.73. The third kappa shape index (κ3) is 4.44. The quantitative estimate of drug-likeness (QED) is 0.772. The maximum Gasteiger partial charge on any atom is 0.337 e. The molecule has 1 saturated heterocycles. The van der Waals surface area contributed by atoms with Crippen LogP contribution in [0.25, 0.3) is 0 Å². The third-order valence-electron chi connectivity index (χ3n) is 3.81. The standard InChI is InChI=1S/C16H18N4O4S/c1-24-16(21)11-3-2-4-12(7-11)19-14-8-15(18-10-17-14)20-13-5-6-25(22,23)9-13/h2-4,7-8,10,13H,5-6,9H2,1H3,(H2,17,18,19,20). The SMILES string of the molecule is COC(=O)c1cccc(Nc2cc(NC3CCS(=O)(=O)C3)ncn2)c1. The smallest absolute Gasteiger partial charge is 0.337 e. The highest BCUT2D eigenvalue weighted by molar-refractivity contribution is 7.91. The van der Waals surface area contributed by atoms with Crippen molar-refractivity contribution in [1.29, 1.82) is 0 Å². The van der Waals surface area contributed by atoms with Gasteiger partial charge < -0.3 is 15.4 Å². The molecule has 0 amide bonds. The minimum Gasteiger partial charge on any atom is -0.465 e. The third-order valence-corrected chi connectivity index (χ3v) is 5.58. The summed E-state index contributed by atoms with van der Waals surface area (Å²) < 4.78 is 27.8. The number of hydrogen-bond donors (Lipinski definition) is 2. The predicted octanol–water partition coefficient (Wildman–Crippen LogP) is 1.61. The largest absolute Gasteiger partial charge is 0.465 e. The number of nitrogens with one attached hydrogen (secondary N) is 2. The van der Waals surface area contributed by atoms with Gasteiger partial charge in [0.2, 0.25) is 0 Å². The van der Waals surface area contributed by atoms with Crippen LogP contribution in [0.2, 0.25) is 0 Å². The zero-order valence-corrected chi connectivity index (χ0v) is 14.4. The van der Waals surface area contributed by atoms with Crippen LogP contribution in [0.15, 0.2) is 36.7 Å². The molecule has 0 bridgehead atoms. The van der Waals surface area contributed by atoms with Gasteiger partial charge in [-0.1, -0.05) is 6.07 Å². The van der Waals surface area contributed by atoms with E-state index >= 15 is 0 Å². The Morgan fingerprint density at radius 2 is 2.04 bits per heavy atom. The van der Waals surface area contributed by atoms with Crippen LogP contribution < -0.4 is 10.6 Å². The van der Waals surface area contributed by atoms with E-state index in [0.717, 1.165) is 0 Å². The Bertz CT molecular complexity index is 885. The number of ether oxygens (including phenoxy) is 1. The van der Waals surface area contributed by atoms with Crippen LogP contribution in [0.5, 0.6) is 0 Å². The van der Waals surface area contributed by atoms with E-state index in [1.54, 1.807) is 30.3 Å². The number of hydrogen-bond acceptors (Lipinski definition) is 8. The van der Waals surface area contributed by atoms with Crippen LogP contribution in [0, 0.1) is 0 Å². The van der Waals surface area contributed by atoms with Crippen LogP contribution in [0.3, 0.4) is 0 Å². The molecule has 25 heavy (non-hydrogen) atoms. The van der Waals surface area contributed by atoms with E-state index in [-0.39, 0.29) is 17.5 Å². The number of esters is 1. The Morgan fingerprint density at radius 1 is 1.24 bits per heavy atom. The Morgan fingerprint density at radius 3 is 2.76 bits per heavy atom. The molecule has 2 heterocycles. The molecule has 0 aliphatic carbocycles. The van der Waals surface area contributed by atoms with E-state index in [4.69, 9.17) is 4.74 Å². The van der Waals surface area contributed by atoms with Crippen LogP contribution in [-0.4, -0.2) is 49.0 Å². The molecular formula is C16H18N4O4S. The van der Waals surface area contributed by atoms with E-state index in [1.807, 2.05) is 0 Å². The number of carbonyl (C=O) groups is 1. The number of carbonyl (C=O) groups excluding carboxylic acids is 1. The summed E-state index contributed by atoms with van der Waals surface area (Å²) in [5, 5.41) is 6.20. The monoisotopic (exact) mass is 362 g/mol. The number of rotatable bonds is 5. The lowest BCUT2D eigenvalue weighted by Gasteiger charge is -2.12. The Balaban J connectivity index is 1.71. The van der Waals surface area contributed by atoms with Crippen molar-refractivity contribution in [3.05, 3.63) is 42.2 Å². The second-order valence-corrected chi connectivity index (χ2v) is 7.96. The average Bonchev–Trinajstić information content (AvgIpc) is 2.93. The molecule has 3 rings (SSSR count). The van der Waals surface area contributed by atoms with Crippen molar-refractivity contribution in [1.82, 2.24) is 9.97 Å². The normalized spacial score (nSPS) is 18.5. The molecule has 0 spiro atoms. The molecular weight excluding hydrogens is 344 g/mol. The first-order valence-corrected chi connectivity index (χ1v) is 9.52. The highest BCUT2D eigenvalue weighted by Gasteiger charge is 2.27. The van der Waals surface area contributed by atoms with Crippen molar-refractivity contribution in [3.63, 3.8) is 0 Å². The molecule has 0 radical (unpaired) electrons. The summed E-state index contributed by atoms with van der Waals surface area (Å²) in [6, 6.07) is 8.39. The van der Waals surface area contributed by atoms with Gasteiger partial charge in [0.1, 0.15) is 18.0 Å². The van der Waals surface area contributed by atoms with E-state index < -0.39 is 15.8 Å². The molecule has 2 aromatic rings. The van der Waals surface area contributed by atoms with Gasteiger partial charge >= 0.3 is 5.97 Å². The van der Waals surface area contributed by atoms with Crippen molar-refractivity contribution < 1.29 is 17.9 Å². The first-order chi connectivity index (χ1) is 11.9. The van der Waals surface area contributed by atoms with Gasteiger partial charge in [0.05, 0.1) is 24.2 Å². The van der Waals surface area contributed by atoms with E-state index in [2.05, 4.69) is 20.6 Å². The van der Waals surface area contributed by atoms with Gasteiger partial charge in [-0.3, -0.25) is 0 Å². The summed E-state index contributed by atoms with van der Waals surface area (Å²) in [4.78, 5) is 19.8. The lowest BCUT2D eigenvalue weighted by atomic mass is 10.2. The van der Waals surface area contributed by atoms with Crippen LogP contribution >= 0.6 is 0 Å². The van der Waals surface area contributed by atoms with Crippen molar-refractivity contribution >= 4 is 33.1 Å². The molecule has 1 unspecified atom stereocenters. The van der Waals surface area contributed by atoms with E-state index in [1.165, 1.54) is 13.4 Å². The molecule has 1 aromatic heterocycles. The first kappa shape index (κ1) is 17.2. The van der Waals surface area contributed by atoms with Gasteiger partial charge in [0.15, 0.2) is 9.84 Å². The van der Waals surface area contributed by atoms with E-state index in [9.17, 15) is 13.2 Å². The van der Waals surface area contributed by atoms with Crippen molar-refractivity contribution in [2.75, 3.05) is 29.2 Å². The summed E-state index contributed by atoms with van der Waals surface area (Å²) in [5.74, 6) is 0.961.